The highest BCUT2D eigenvalue weighted by atomic mass is 32.3. The van der Waals surface area contributed by atoms with E-state index < -0.39 is 34.5 Å². The van der Waals surface area contributed by atoms with Crippen molar-refractivity contribution >= 4 is 22.4 Å². The van der Waals surface area contributed by atoms with E-state index in [4.69, 9.17) is 14.0 Å². The Morgan fingerprint density at radius 3 is 2.70 bits per heavy atom. The summed E-state index contributed by atoms with van der Waals surface area (Å²) in [5.74, 6) is -0.237. The van der Waals surface area contributed by atoms with Gasteiger partial charge in [0.15, 0.2) is 6.04 Å². The van der Waals surface area contributed by atoms with Crippen LogP contribution in [0.2, 0.25) is 0 Å². The van der Waals surface area contributed by atoms with Crippen molar-refractivity contribution < 1.29 is 36.3 Å². The fourth-order valence-electron chi connectivity index (χ4n) is 3.35. The third-order valence-corrected chi connectivity index (χ3v) is 4.62. The van der Waals surface area contributed by atoms with Gasteiger partial charge in [0.2, 0.25) is 0 Å². The van der Waals surface area contributed by atoms with E-state index >= 15 is 0 Å². The first kappa shape index (κ1) is 19.4. The molecule has 2 heterocycles. The Balaban J connectivity index is 2.12. The van der Waals surface area contributed by atoms with Gasteiger partial charge in [0, 0.05) is 5.56 Å². The predicted octanol–water partition coefficient (Wildman–Crippen LogP) is 1.61. The second kappa shape index (κ2) is 7.33. The van der Waals surface area contributed by atoms with Crippen LogP contribution >= 0.6 is 0 Å². The van der Waals surface area contributed by atoms with Gasteiger partial charge in [-0.15, -0.1) is 4.28 Å². The van der Waals surface area contributed by atoms with Gasteiger partial charge in [-0.2, -0.15) is 13.5 Å². The average molecular weight is 400 g/mol. The van der Waals surface area contributed by atoms with Crippen molar-refractivity contribution in [3.63, 3.8) is 0 Å². The van der Waals surface area contributed by atoms with Gasteiger partial charge in [0.25, 0.3) is 0 Å². The molecule has 2 aliphatic heterocycles. The van der Waals surface area contributed by atoms with Crippen molar-refractivity contribution in [2.75, 3.05) is 19.8 Å². The predicted molar refractivity (Wildman–Crippen MR) is 90.9 cm³/mol. The first-order chi connectivity index (χ1) is 12.8. The maximum Gasteiger partial charge on any atom is 0.418 e. The Hall–Kier alpha value is -2.37. The van der Waals surface area contributed by atoms with E-state index in [0.29, 0.717) is 28.5 Å². The van der Waals surface area contributed by atoms with Gasteiger partial charge in [-0.25, -0.2) is 9.59 Å². The number of rotatable bonds is 7. The molecule has 3 rings (SSSR count). The number of esters is 1. The number of fused-ring (bicyclic) bond motifs is 4. The molecule has 0 radical (unpaired) electrons. The molecule has 1 aromatic rings. The zero-order valence-electron chi connectivity index (χ0n) is 14.8. The van der Waals surface area contributed by atoms with E-state index in [1.807, 2.05) is 6.92 Å². The van der Waals surface area contributed by atoms with Crippen LogP contribution in [0.15, 0.2) is 18.2 Å². The molecule has 2 aliphatic rings. The van der Waals surface area contributed by atoms with Gasteiger partial charge in [0.1, 0.15) is 11.8 Å². The third-order valence-electron chi connectivity index (χ3n) is 4.27. The lowest BCUT2D eigenvalue weighted by Crippen LogP contribution is -2.39. The summed E-state index contributed by atoms with van der Waals surface area (Å²) in [6, 6.07) is 2.20. The average Bonchev–Trinajstić information content (AvgIpc) is 2.85. The number of nitrogens with zero attached hydrogens (tertiary/aromatic N) is 2. The number of hydrogen-bond acceptors (Lipinski definition) is 7. The zero-order valence-corrected chi connectivity index (χ0v) is 15.6. The molecule has 1 fully saturated rings. The van der Waals surface area contributed by atoms with Gasteiger partial charge < -0.3 is 14.4 Å². The van der Waals surface area contributed by atoms with E-state index in [1.54, 1.807) is 25.1 Å². The number of hydrogen-bond donors (Lipinski definition) is 1. The summed E-state index contributed by atoms with van der Waals surface area (Å²) in [6.45, 7) is 4.06. The number of ether oxygens (including phenoxy) is 2. The lowest BCUT2D eigenvalue weighted by Gasteiger charge is -2.32. The van der Waals surface area contributed by atoms with Crippen LogP contribution in [0.3, 0.4) is 0 Å². The van der Waals surface area contributed by atoms with E-state index in [2.05, 4.69) is 4.28 Å². The lowest BCUT2D eigenvalue weighted by molar-refractivity contribution is -0.148. The quantitative estimate of drug-likeness (QED) is 0.541. The Kier molecular flexibility index (Phi) is 5.27. The molecule has 1 aromatic carbocycles. The highest BCUT2D eigenvalue weighted by molar-refractivity contribution is 7.80. The second-order valence-corrected chi connectivity index (χ2v) is 7.05. The first-order valence-electron chi connectivity index (χ1n) is 8.47. The Morgan fingerprint density at radius 1 is 1.33 bits per heavy atom. The summed E-state index contributed by atoms with van der Waals surface area (Å²) < 4.78 is 46.8. The van der Waals surface area contributed by atoms with E-state index in [9.17, 15) is 18.0 Å². The van der Waals surface area contributed by atoms with Gasteiger partial charge in [-0.3, -0.25) is 4.55 Å². The SMILES string of the molecule is CCCOc1cccc2c1[C@@H]1CN(C(=O)N1OS(=O)(=O)O)[C@H]2C(=O)OCC. The highest BCUT2D eigenvalue weighted by Crippen LogP contribution is 2.48. The largest absolute Gasteiger partial charge is 0.493 e. The van der Waals surface area contributed by atoms with Crippen LogP contribution in [-0.2, 0) is 24.2 Å². The molecule has 0 unspecified atom stereocenters. The van der Waals surface area contributed by atoms with Crippen LogP contribution < -0.4 is 4.74 Å². The molecule has 2 amide bonds. The van der Waals surface area contributed by atoms with Gasteiger partial charge in [-0.1, -0.05) is 19.1 Å². The number of urea groups is 1. The molecule has 27 heavy (non-hydrogen) atoms. The molecule has 0 saturated carbocycles. The minimum Gasteiger partial charge on any atom is -0.493 e. The monoisotopic (exact) mass is 400 g/mol. The van der Waals surface area contributed by atoms with Gasteiger partial charge in [0.05, 0.1) is 19.8 Å². The summed E-state index contributed by atoms with van der Waals surface area (Å²) in [5.41, 5.74) is 0.919. The Labute approximate surface area is 156 Å². The number of hydroxylamine groups is 2. The van der Waals surface area contributed by atoms with E-state index in [0.717, 1.165) is 11.3 Å². The van der Waals surface area contributed by atoms with Crippen molar-refractivity contribution in [1.29, 1.82) is 0 Å². The molecular weight excluding hydrogens is 380 g/mol. The standard InChI is InChI=1S/C16H20N2O8S/c1-3-8-25-12-7-5-6-10-13(12)11-9-17(14(10)15(19)24-4-2)16(20)18(11)26-27(21,22)23/h5-7,11,14H,3-4,8-9H2,1-2H3,(H,21,22,23)/t11-,14+/m0/s1. The molecule has 10 nitrogen and oxygen atoms in total. The topological polar surface area (TPSA) is 123 Å². The molecular formula is C16H20N2O8S. The minimum absolute atomic E-state index is 0.0165. The number of carbonyl (C=O) groups excluding carboxylic acids is 2. The molecule has 2 bridgehead atoms. The smallest absolute Gasteiger partial charge is 0.418 e. The molecule has 148 valence electrons. The maximum absolute atomic E-state index is 12.7. The molecule has 1 saturated heterocycles. The summed E-state index contributed by atoms with van der Waals surface area (Å²) >= 11 is 0. The van der Waals surface area contributed by atoms with Crippen molar-refractivity contribution in [2.24, 2.45) is 0 Å². The van der Waals surface area contributed by atoms with Crippen LogP contribution in [0.1, 0.15) is 43.5 Å². The Morgan fingerprint density at radius 2 is 2.07 bits per heavy atom. The number of benzene rings is 1. The molecule has 0 aromatic heterocycles. The zero-order chi connectivity index (χ0) is 19.8. The summed E-state index contributed by atoms with van der Waals surface area (Å²) in [6.07, 6.45) is 0.728. The molecule has 0 aliphatic carbocycles. The van der Waals surface area contributed by atoms with Crippen LogP contribution in [0, 0.1) is 0 Å². The molecule has 0 spiro atoms. The van der Waals surface area contributed by atoms with Crippen molar-refractivity contribution in [3.8, 4) is 5.75 Å². The van der Waals surface area contributed by atoms with Crippen molar-refractivity contribution in [1.82, 2.24) is 9.96 Å². The number of amides is 2. The maximum atomic E-state index is 12.7. The molecule has 2 atom stereocenters. The number of carbonyl (C=O) groups is 2. The molecule has 1 N–H and O–H groups in total. The van der Waals surface area contributed by atoms with Crippen molar-refractivity contribution in [2.45, 2.75) is 32.4 Å². The first-order valence-corrected chi connectivity index (χ1v) is 9.84. The summed E-state index contributed by atoms with van der Waals surface area (Å²) in [7, 11) is -4.94. The molecule has 11 heteroatoms. The lowest BCUT2D eigenvalue weighted by atomic mass is 9.90. The summed E-state index contributed by atoms with van der Waals surface area (Å²) in [5, 5.41) is 0.548. The van der Waals surface area contributed by atoms with E-state index in [1.165, 1.54) is 0 Å². The van der Waals surface area contributed by atoms with Gasteiger partial charge in [-0.05, 0) is 25.0 Å². The highest BCUT2D eigenvalue weighted by Gasteiger charge is 2.53. The van der Waals surface area contributed by atoms with Crippen LogP contribution in [-0.4, -0.2) is 54.7 Å². The van der Waals surface area contributed by atoms with E-state index in [-0.39, 0.29) is 13.2 Å². The minimum atomic E-state index is -4.94. The van der Waals surface area contributed by atoms with Crippen molar-refractivity contribution in [3.05, 3.63) is 29.3 Å². The Bertz CT molecular complexity index is 856. The second-order valence-electron chi connectivity index (χ2n) is 6.04. The van der Waals surface area contributed by atoms with Crippen LogP contribution in [0.25, 0.3) is 0 Å². The fourth-order valence-corrected chi connectivity index (χ4v) is 3.72. The van der Waals surface area contributed by atoms with Crippen LogP contribution in [0.5, 0.6) is 5.75 Å². The normalized spacial score (nSPS) is 21.2. The van der Waals surface area contributed by atoms with Crippen LogP contribution in [0.4, 0.5) is 4.79 Å². The summed E-state index contributed by atoms with van der Waals surface area (Å²) in [4.78, 5) is 26.4. The fraction of sp³-hybridized carbons (Fsp3) is 0.500. The van der Waals surface area contributed by atoms with Gasteiger partial charge >= 0.3 is 22.4 Å². The third kappa shape index (κ3) is 3.57.